The van der Waals surface area contributed by atoms with Crippen LogP contribution in [0.3, 0.4) is 0 Å². The molecular weight excluding hydrogens is 687 g/mol. The maximum atomic E-state index is 9.84. The third-order valence-electron chi connectivity index (χ3n) is 10.1. The fraction of sp³-hybridized carbons (Fsp3) is 0. The van der Waals surface area contributed by atoms with Crippen molar-refractivity contribution in [3.63, 3.8) is 0 Å². The van der Waals surface area contributed by atoms with E-state index in [1.165, 1.54) is 0 Å². The Morgan fingerprint density at radius 2 is 0.842 bits per heavy atom. The Morgan fingerprint density at radius 3 is 1.54 bits per heavy atom. The van der Waals surface area contributed by atoms with Crippen LogP contribution in [0.15, 0.2) is 236 Å². The molecule has 1 nitrogen and oxygen atoms in total. The van der Waals surface area contributed by atoms with Crippen molar-refractivity contribution in [2.75, 3.05) is 4.90 Å². The van der Waals surface area contributed by atoms with Crippen molar-refractivity contribution in [1.29, 1.82) is 0 Å². The number of hydrogen-bond acceptors (Lipinski definition) is 1. The lowest BCUT2D eigenvalue weighted by molar-refractivity contribution is 1.28. The molecule has 0 aliphatic carbocycles. The van der Waals surface area contributed by atoms with Crippen molar-refractivity contribution in [1.82, 2.24) is 0 Å². The Morgan fingerprint density at radius 1 is 0.316 bits per heavy atom. The molecular formula is C56H39N. The molecule has 0 aromatic heterocycles. The summed E-state index contributed by atoms with van der Waals surface area (Å²) >= 11 is 0. The van der Waals surface area contributed by atoms with Crippen LogP contribution in [0.1, 0.15) is 16.4 Å². The molecule has 0 bridgehead atoms. The van der Waals surface area contributed by atoms with Gasteiger partial charge >= 0.3 is 0 Å². The van der Waals surface area contributed by atoms with E-state index >= 15 is 0 Å². The molecule has 0 spiro atoms. The van der Waals surface area contributed by atoms with Crippen molar-refractivity contribution in [2.24, 2.45) is 0 Å². The van der Waals surface area contributed by atoms with Gasteiger partial charge in [-0.2, -0.15) is 0 Å². The maximum absolute atomic E-state index is 9.84. The fourth-order valence-electron chi connectivity index (χ4n) is 7.24. The summed E-state index contributed by atoms with van der Waals surface area (Å²) in [5, 5.41) is 3.32. The highest BCUT2D eigenvalue weighted by atomic mass is 15.1. The van der Waals surface area contributed by atoms with Gasteiger partial charge in [0.15, 0.2) is 0 Å². The van der Waals surface area contributed by atoms with Gasteiger partial charge in [0, 0.05) is 17.1 Å². The maximum Gasteiger partial charge on any atom is 0.0651 e. The lowest BCUT2D eigenvalue weighted by Crippen LogP contribution is -2.10. The number of rotatable bonds is 8. The van der Waals surface area contributed by atoms with Crippen LogP contribution in [-0.4, -0.2) is 0 Å². The van der Waals surface area contributed by atoms with Crippen LogP contribution >= 0.6 is 0 Å². The SMILES string of the molecule is [2H]c1c([2H])c(-c2ccc3ccccc3c2)c([2H])c(N(c2c([2H])c([2H])c(-c3ccc(-c4ccccc4)cc3)c([2H])c2[2H])c2c([2H])c([2H])c(-c3ccc4ccccc4c3-c3ccccc3)c([2H])c2[2H])c1[2H]. The van der Waals surface area contributed by atoms with Gasteiger partial charge in [-0.05, 0) is 120 Å². The normalized spacial score (nSPS) is 14.1. The summed E-state index contributed by atoms with van der Waals surface area (Å²) in [6.45, 7) is 0. The van der Waals surface area contributed by atoms with E-state index in [-0.39, 0.29) is 16.7 Å². The number of nitrogens with zero attached hydrogens (tertiary/aromatic N) is 1. The quantitative estimate of drug-likeness (QED) is 0.150. The molecule has 0 atom stereocenters. The summed E-state index contributed by atoms with van der Waals surface area (Å²) in [6, 6.07) is 42.9. The summed E-state index contributed by atoms with van der Waals surface area (Å²) in [6.07, 6.45) is 0. The smallest absolute Gasteiger partial charge is 0.0651 e. The predicted molar refractivity (Wildman–Crippen MR) is 243 cm³/mol. The van der Waals surface area contributed by atoms with E-state index < -0.39 is 89.6 Å². The molecule has 268 valence electrons. The molecule has 0 unspecified atom stereocenters. The van der Waals surface area contributed by atoms with E-state index in [0.29, 0.717) is 22.3 Å². The van der Waals surface area contributed by atoms with E-state index in [1.54, 1.807) is 36.4 Å². The summed E-state index contributed by atoms with van der Waals surface area (Å²) in [5.74, 6) is 0. The molecule has 0 fully saturated rings. The third kappa shape index (κ3) is 6.77. The molecule has 0 heterocycles. The molecule has 0 aliphatic heterocycles. The van der Waals surface area contributed by atoms with E-state index in [4.69, 9.17) is 2.74 Å². The first kappa shape index (κ1) is 23.4. The van der Waals surface area contributed by atoms with E-state index in [0.717, 1.165) is 43.1 Å². The van der Waals surface area contributed by atoms with Crippen LogP contribution in [0.25, 0.3) is 77.2 Å². The second-order valence-electron chi connectivity index (χ2n) is 13.6. The second-order valence-corrected chi connectivity index (χ2v) is 13.6. The van der Waals surface area contributed by atoms with Crippen LogP contribution in [0.5, 0.6) is 0 Å². The minimum Gasteiger partial charge on any atom is -0.310 e. The van der Waals surface area contributed by atoms with Gasteiger partial charge in [-0.15, -0.1) is 0 Å². The lowest BCUT2D eigenvalue weighted by Gasteiger charge is -2.26. The van der Waals surface area contributed by atoms with Crippen molar-refractivity contribution in [3.8, 4) is 55.6 Å². The van der Waals surface area contributed by atoms with Crippen molar-refractivity contribution in [3.05, 3.63) is 236 Å². The summed E-state index contributed by atoms with van der Waals surface area (Å²) in [7, 11) is 0. The van der Waals surface area contributed by atoms with Crippen LogP contribution in [0.2, 0.25) is 0 Å². The van der Waals surface area contributed by atoms with Crippen LogP contribution < -0.4 is 4.90 Å². The van der Waals surface area contributed by atoms with Crippen molar-refractivity contribution in [2.45, 2.75) is 0 Å². The minimum absolute atomic E-state index is 0.0512. The van der Waals surface area contributed by atoms with Gasteiger partial charge in [-0.3, -0.25) is 0 Å². The van der Waals surface area contributed by atoms with Gasteiger partial charge in [0.2, 0.25) is 0 Å². The monoisotopic (exact) mass is 737 g/mol. The minimum atomic E-state index is -0.728. The fourth-order valence-corrected chi connectivity index (χ4v) is 7.24. The van der Waals surface area contributed by atoms with Gasteiger partial charge in [0.25, 0.3) is 0 Å². The van der Waals surface area contributed by atoms with Gasteiger partial charge < -0.3 is 4.90 Å². The molecule has 0 aliphatic rings. The number of hydrogen-bond donors (Lipinski definition) is 0. The Hall–Kier alpha value is -7.48. The van der Waals surface area contributed by atoms with E-state index in [2.05, 4.69) is 0 Å². The van der Waals surface area contributed by atoms with E-state index in [9.17, 15) is 13.7 Å². The second kappa shape index (κ2) is 15.0. The zero-order valence-corrected chi connectivity index (χ0v) is 30.5. The zero-order valence-electron chi connectivity index (χ0n) is 42.5. The molecule has 0 N–H and O–H groups in total. The van der Waals surface area contributed by atoms with Crippen LogP contribution in [0.4, 0.5) is 17.1 Å². The Kier molecular flexibility index (Phi) is 6.16. The topological polar surface area (TPSA) is 3.24 Å². The first-order valence-electron chi connectivity index (χ1n) is 24.6. The van der Waals surface area contributed by atoms with Gasteiger partial charge in [-0.1, -0.05) is 194 Å². The summed E-state index contributed by atoms with van der Waals surface area (Å²) in [4.78, 5) is 0.902. The van der Waals surface area contributed by atoms with Gasteiger partial charge in [0.1, 0.15) is 0 Å². The molecule has 10 aromatic carbocycles. The Labute approximate surface area is 351 Å². The van der Waals surface area contributed by atoms with Crippen LogP contribution in [0, 0.1) is 0 Å². The first-order chi connectivity index (χ1) is 33.3. The van der Waals surface area contributed by atoms with Crippen molar-refractivity contribution < 1.29 is 16.4 Å². The predicted octanol–water partition coefficient (Wildman–Crippen LogP) is 15.8. The lowest BCUT2D eigenvalue weighted by atomic mass is 9.90. The largest absolute Gasteiger partial charge is 0.310 e. The number of anilines is 3. The van der Waals surface area contributed by atoms with E-state index in [1.807, 2.05) is 127 Å². The molecule has 10 aromatic rings. The van der Waals surface area contributed by atoms with Gasteiger partial charge in [0.05, 0.1) is 16.4 Å². The summed E-state index contributed by atoms with van der Waals surface area (Å²) in [5.41, 5.74) is 2.48. The molecule has 10 rings (SSSR count). The molecule has 0 saturated carbocycles. The standard InChI is InChI=1S/C56H39N/c1-3-12-40(13-4-1)42-22-24-43(25-23-42)44-28-33-51(34-29-44)57(53-20-11-19-49(39-53)50-27-26-41-14-7-8-18-48(41)38-50)52-35-30-46(31-36-52)55-37-32-45-15-9-10-21-54(45)56(55)47-16-5-2-6-17-47/h1-39H/i11D,19D,20D,28D,29D,30D,31D,33D,34D,35D,36D,39D. The molecule has 0 amide bonds. The molecule has 0 saturated heterocycles. The molecule has 1 heteroatoms. The Balaban J connectivity index is 1.27. The third-order valence-corrected chi connectivity index (χ3v) is 10.1. The summed E-state index contributed by atoms with van der Waals surface area (Å²) < 4.78 is 115. The Bertz CT molecular complexity index is 3630. The van der Waals surface area contributed by atoms with Crippen molar-refractivity contribution >= 4 is 38.6 Å². The van der Waals surface area contributed by atoms with Crippen LogP contribution in [-0.2, 0) is 0 Å². The average Bonchev–Trinajstić information content (AvgIpc) is 3.37. The highest BCUT2D eigenvalue weighted by Gasteiger charge is 2.17. The zero-order chi connectivity index (χ0) is 48.4. The molecule has 57 heavy (non-hydrogen) atoms. The average molecular weight is 738 g/mol. The molecule has 0 radical (unpaired) electrons. The van der Waals surface area contributed by atoms with Gasteiger partial charge in [-0.25, -0.2) is 0 Å². The number of benzene rings is 10. The highest BCUT2D eigenvalue weighted by Crippen LogP contribution is 2.42. The first-order valence-corrected chi connectivity index (χ1v) is 18.6. The highest BCUT2D eigenvalue weighted by molar-refractivity contribution is 6.04. The number of fused-ring (bicyclic) bond motifs is 2.